The number of hydrogen-bond acceptors (Lipinski definition) is 4. The second-order valence-corrected chi connectivity index (χ2v) is 3.77. The number of rotatable bonds is 6. The van der Waals surface area contributed by atoms with Crippen LogP contribution in [-0.2, 0) is 6.54 Å². The molecule has 1 aromatic heterocycles. The zero-order chi connectivity index (χ0) is 12.0. The van der Waals surface area contributed by atoms with Crippen molar-refractivity contribution < 1.29 is 5.21 Å². The summed E-state index contributed by atoms with van der Waals surface area (Å²) in [7, 11) is 0. The Kier molecular flexibility index (Phi) is 4.78. The van der Waals surface area contributed by atoms with E-state index in [0.29, 0.717) is 6.54 Å². The van der Waals surface area contributed by atoms with Gasteiger partial charge < -0.3 is 16.3 Å². The molecule has 0 spiro atoms. The number of oxime groups is 1. The van der Waals surface area contributed by atoms with Crippen molar-refractivity contribution in [3.8, 4) is 0 Å². The lowest BCUT2D eigenvalue weighted by Gasteiger charge is -2.05. The number of nitrogens with one attached hydrogen (secondary N) is 1. The minimum Gasteiger partial charge on any atom is -0.409 e. The molecule has 1 heterocycles. The highest BCUT2D eigenvalue weighted by Crippen LogP contribution is 2.01. The molecule has 6 nitrogen and oxygen atoms in total. The fourth-order valence-corrected chi connectivity index (χ4v) is 1.51. The summed E-state index contributed by atoms with van der Waals surface area (Å²) in [5.74, 6) is 0.200. The molecule has 0 saturated carbocycles. The van der Waals surface area contributed by atoms with Gasteiger partial charge in [-0.3, -0.25) is 4.68 Å². The summed E-state index contributed by atoms with van der Waals surface area (Å²) < 4.78 is 1.99. The van der Waals surface area contributed by atoms with E-state index in [2.05, 4.69) is 21.6 Å². The van der Waals surface area contributed by atoms with Crippen molar-refractivity contribution in [3.63, 3.8) is 0 Å². The maximum absolute atomic E-state index is 8.32. The SMILES string of the molecule is Cc1cc(C)n(CCCNC/C(N)=N/O)n1. The Morgan fingerprint density at radius 3 is 2.94 bits per heavy atom. The zero-order valence-electron chi connectivity index (χ0n) is 9.77. The number of hydrogen-bond donors (Lipinski definition) is 3. The molecule has 0 amide bonds. The molecule has 0 aliphatic rings. The lowest BCUT2D eigenvalue weighted by molar-refractivity contribution is 0.317. The predicted molar refractivity (Wildman–Crippen MR) is 62.6 cm³/mol. The van der Waals surface area contributed by atoms with Crippen molar-refractivity contribution in [2.75, 3.05) is 13.1 Å². The number of nitrogens with two attached hydrogens (primary N) is 1. The van der Waals surface area contributed by atoms with Crippen LogP contribution in [0, 0.1) is 13.8 Å². The Hall–Kier alpha value is -1.56. The summed E-state index contributed by atoms with van der Waals surface area (Å²) in [4.78, 5) is 0. The van der Waals surface area contributed by atoms with E-state index in [4.69, 9.17) is 10.9 Å². The third-order valence-electron chi connectivity index (χ3n) is 2.26. The normalized spacial score (nSPS) is 12.0. The maximum atomic E-state index is 8.32. The third kappa shape index (κ3) is 3.90. The van der Waals surface area contributed by atoms with E-state index in [1.807, 2.05) is 18.5 Å². The summed E-state index contributed by atoms with van der Waals surface area (Å²) in [6, 6.07) is 2.06. The maximum Gasteiger partial charge on any atom is 0.153 e. The van der Waals surface area contributed by atoms with Crippen LogP contribution in [0.15, 0.2) is 11.2 Å². The summed E-state index contributed by atoms with van der Waals surface area (Å²) in [6.07, 6.45) is 0.959. The number of aromatic nitrogens is 2. The Bertz CT molecular complexity index is 358. The van der Waals surface area contributed by atoms with Gasteiger partial charge in [-0.2, -0.15) is 5.10 Å². The van der Waals surface area contributed by atoms with Crippen LogP contribution in [0.1, 0.15) is 17.8 Å². The molecular weight excluding hydrogens is 206 g/mol. The highest BCUT2D eigenvalue weighted by atomic mass is 16.4. The van der Waals surface area contributed by atoms with Crippen molar-refractivity contribution in [3.05, 3.63) is 17.5 Å². The summed E-state index contributed by atoms with van der Waals surface area (Å²) in [5.41, 5.74) is 7.53. The van der Waals surface area contributed by atoms with Crippen molar-refractivity contribution in [2.24, 2.45) is 10.9 Å². The van der Waals surface area contributed by atoms with Gasteiger partial charge in [0.2, 0.25) is 0 Å². The van der Waals surface area contributed by atoms with E-state index in [1.54, 1.807) is 0 Å². The monoisotopic (exact) mass is 225 g/mol. The molecule has 1 aromatic rings. The van der Waals surface area contributed by atoms with E-state index in [1.165, 1.54) is 5.69 Å². The first-order valence-corrected chi connectivity index (χ1v) is 5.31. The Morgan fingerprint density at radius 2 is 2.38 bits per heavy atom. The van der Waals surface area contributed by atoms with Crippen LogP contribution >= 0.6 is 0 Å². The molecule has 6 heteroatoms. The van der Waals surface area contributed by atoms with E-state index in [9.17, 15) is 0 Å². The molecule has 0 aromatic carbocycles. The van der Waals surface area contributed by atoms with Crippen LogP contribution in [-0.4, -0.2) is 33.9 Å². The van der Waals surface area contributed by atoms with E-state index in [0.717, 1.165) is 25.2 Å². The molecule has 0 saturated heterocycles. The van der Waals surface area contributed by atoms with Crippen LogP contribution in [0.5, 0.6) is 0 Å². The quantitative estimate of drug-likeness (QED) is 0.212. The highest BCUT2D eigenvalue weighted by molar-refractivity contribution is 5.81. The minimum absolute atomic E-state index is 0.200. The Labute approximate surface area is 95.1 Å². The fraction of sp³-hybridized carbons (Fsp3) is 0.600. The zero-order valence-corrected chi connectivity index (χ0v) is 9.77. The van der Waals surface area contributed by atoms with Crippen molar-refractivity contribution in [2.45, 2.75) is 26.8 Å². The van der Waals surface area contributed by atoms with Crippen LogP contribution < -0.4 is 11.1 Å². The van der Waals surface area contributed by atoms with Gasteiger partial charge in [0, 0.05) is 12.2 Å². The van der Waals surface area contributed by atoms with Gasteiger partial charge in [0.1, 0.15) is 0 Å². The molecule has 0 bridgehead atoms. The second kappa shape index (κ2) is 6.12. The first kappa shape index (κ1) is 12.5. The van der Waals surface area contributed by atoms with Gasteiger partial charge in [0.25, 0.3) is 0 Å². The Balaban J connectivity index is 2.19. The van der Waals surface area contributed by atoms with Crippen molar-refractivity contribution in [1.82, 2.24) is 15.1 Å². The first-order chi connectivity index (χ1) is 7.63. The van der Waals surface area contributed by atoms with E-state index < -0.39 is 0 Å². The third-order valence-corrected chi connectivity index (χ3v) is 2.26. The molecule has 90 valence electrons. The first-order valence-electron chi connectivity index (χ1n) is 5.31. The molecule has 16 heavy (non-hydrogen) atoms. The van der Waals surface area contributed by atoms with Gasteiger partial charge in [-0.05, 0) is 32.9 Å². The van der Waals surface area contributed by atoms with Gasteiger partial charge in [-0.1, -0.05) is 5.16 Å². The van der Waals surface area contributed by atoms with E-state index in [-0.39, 0.29) is 5.84 Å². The molecule has 1 rings (SSSR count). The Morgan fingerprint density at radius 1 is 1.62 bits per heavy atom. The molecule has 0 fully saturated rings. The lowest BCUT2D eigenvalue weighted by atomic mass is 10.4. The predicted octanol–water partition coefficient (Wildman–Crippen LogP) is 0.226. The van der Waals surface area contributed by atoms with Gasteiger partial charge in [-0.15, -0.1) is 0 Å². The molecule has 0 atom stereocenters. The summed E-state index contributed by atoms with van der Waals surface area (Å²) in [5, 5.41) is 18.6. The minimum atomic E-state index is 0.200. The lowest BCUT2D eigenvalue weighted by Crippen LogP contribution is -2.30. The average molecular weight is 225 g/mol. The van der Waals surface area contributed by atoms with Crippen LogP contribution in [0.3, 0.4) is 0 Å². The van der Waals surface area contributed by atoms with Gasteiger partial charge >= 0.3 is 0 Å². The van der Waals surface area contributed by atoms with Crippen LogP contribution in [0.4, 0.5) is 0 Å². The number of aryl methyl sites for hydroxylation is 3. The molecule has 0 unspecified atom stereocenters. The fourth-order valence-electron chi connectivity index (χ4n) is 1.51. The largest absolute Gasteiger partial charge is 0.409 e. The van der Waals surface area contributed by atoms with Gasteiger partial charge in [-0.25, -0.2) is 0 Å². The van der Waals surface area contributed by atoms with E-state index >= 15 is 0 Å². The average Bonchev–Trinajstić information content (AvgIpc) is 2.56. The molecule has 0 radical (unpaired) electrons. The van der Waals surface area contributed by atoms with Crippen molar-refractivity contribution >= 4 is 5.84 Å². The second-order valence-electron chi connectivity index (χ2n) is 3.77. The van der Waals surface area contributed by atoms with Gasteiger partial charge in [0.05, 0.1) is 12.2 Å². The smallest absolute Gasteiger partial charge is 0.153 e. The molecule has 0 aliphatic carbocycles. The molecule has 0 aliphatic heterocycles. The number of amidine groups is 1. The highest BCUT2D eigenvalue weighted by Gasteiger charge is 1.99. The number of nitrogens with zero attached hydrogens (tertiary/aromatic N) is 3. The molecule has 4 N–H and O–H groups in total. The topological polar surface area (TPSA) is 88.5 Å². The van der Waals surface area contributed by atoms with Gasteiger partial charge in [0.15, 0.2) is 5.84 Å². The summed E-state index contributed by atoms with van der Waals surface area (Å²) in [6.45, 7) is 6.13. The van der Waals surface area contributed by atoms with Crippen molar-refractivity contribution in [1.29, 1.82) is 0 Å². The molecular formula is C10H19N5O. The summed E-state index contributed by atoms with van der Waals surface area (Å²) >= 11 is 0. The van der Waals surface area contributed by atoms with Crippen LogP contribution in [0.25, 0.3) is 0 Å². The standard InChI is InChI=1S/C10H19N5O/c1-8-6-9(2)15(13-8)5-3-4-12-7-10(11)14-16/h6,12,16H,3-5,7H2,1-2H3,(H2,11,14). The van der Waals surface area contributed by atoms with Crippen LogP contribution in [0.2, 0.25) is 0 Å².